The number of pyridine rings is 2. The first-order valence-electron chi connectivity index (χ1n) is 33.1. The van der Waals surface area contributed by atoms with Gasteiger partial charge in [0.2, 0.25) is 17.5 Å². The zero-order valence-corrected chi connectivity index (χ0v) is 62.9. The number of nitrogen functional groups attached to an aromatic ring is 1. The summed E-state index contributed by atoms with van der Waals surface area (Å²) in [5.74, 6) is -1.24. The summed E-state index contributed by atoms with van der Waals surface area (Å²) in [5.41, 5.74) is 17.1. The minimum Gasteiger partial charge on any atom is -0.481 e. The van der Waals surface area contributed by atoms with E-state index in [1.165, 1.54) is 18.4 Å². The molecule has 9 N–H and O–H groups in total. The Balaban J connectivity index is 0.000000214. The fourth-order valence-corrected chi connectivity index (χ4v) is 11.0. The van der Waals surface area contributed by atoms with E-state index >= 15 is 0 Å². The average molecular weight is 1530 g/mol. The summed E-state index contributed by atoms with van der Waals surface area (Å²) >= 11 is 24.7. The van der Waals surface area contributed by atoms with Crippen molar-refractivity contribution < 1.29 is 43.4 Å². The monoisotopic (exact) mass is 1520 g/mol. The SMILES string of the molecule is CC(C)(C)OC(=O)NCC(=O)Cc1cccc(Cl)c1C(=O)Nc1ccccc1.CCC(=O)N(C)OC.CCC(=O)O.Cc1cccc(Cl)c1C(=O)Nc1ccccc1.NCc1cc2cccc(Cl)c2c(=O)n1-c1ccccc1.[C-]#[N+]c1cnc(N)nc1NCc1cc2cccc(Cl)c2c(=O)n1-c1ccccc1. The van der Waals surface area contributed by atoms with Gasteiger partial charge in [-0.05, 0) is 135 Å². The van der Waals surface area contributed by atoms with E-state index in [1.807, 2.05) is 146 Å². The van der Waals surface area contributed by atoms with Crippen LogP contribution in [0.5, 0.6) is 0 Å². The van der Waals surface area contributed by atoms with Crippen LogP contribution in [-0.4, -0.2) is 91.1 Å². The van der Waals surface area contributed by atoms with Gasteiger partial charge in [-0.2, -0.15) is 0 Å². The number of carboxylic acids is 1. The number of hydroxylamine groups is 2. The Morgan fingerprint density at radius 2 is 1.07 bits per heavy atom. The summed E-state index contributed by atoms with van der Waals surface area (Å²) < 4.78 is 8.32. The van der Waals surface area contributed by atoms with Gasteiger partial charge in [0.1, 0.15) is 11.4 Å². The number of amides is 4. The molecule has 0 saturated carbocycles. The number of hydrogen-bond donors (Lipinski definition) is 7. The maximum absolute atomic E-state index is 13.3. The molecule has 3 aromatic heterocycles. The van der Waals surface area contributed by atoms with E-state index in [0.29, 0.717) is 66.3 Å². The summed E-state index contributed by atoms with van der Waals surface area (Å²) in [4.78, 5) is 111. The first kappa shape index (κ1) is 84.2. The smallest absolute Gasteiger partial charge is 0.408 e. The molecule has 554 valence electrons. The van der Waals surface area contributed by atoms with E-state index in [9.17, 15) is 38.4 Å². The zero-order valence-electron chi connectivity index (χ0n) is 59.8. The highest BCUT2D eigenvalue weighted by atomic mass is 35.5. The zero-order chi connectivity index (χ0) is 78.3. The van der Waals surface area contributed by atoms with Crippen molar-refractivity contribution in [3.05, 3.63) is 298 Å². The number of aromatic nitrogens is 4. The summed E-state index contributed by atoms with van der Waals surface area (Å²) in [6, 6.07) is 61.9. The van der Waals surface area contributed by atoms with Gasteiger partial charge in [0.25, 0.3) is 22.9 Å². The number of nitrogens with one attached hydrogen (secondary N) is 4. The van der Waals surface area contributed by atoms with Gasteiger partial charge >= 0.3 is 12.1 Å². The minimum absolute atomic E-state index is 0.00694. The predicted octanol–water partition coefficient (Wildman–Crippen LogP) is 16.3. The number of anilines is 4. The number of benzene rings is 8. The molecular formula is C80H80Cl4N12O11. The second kappa shape index (κ2) is 41.7. The molecule has 27 heteroatoms. The quantitative estimate of drug-likeness (QED) is 0.0329. The normalized spacial score (nSPS) is 10.4. The molecule has 4 amide bonds. The Hall–Kier alpha value is -11.8. The Kier molecular flexibility index (Phi) is 32.8. The number of fused-ring (bicyclic) bond motifs is 2. The molecule has 11 rings (SSSR count). The van der Waals surface area contributed by atoms with Crippen LogP contribution in [0.25, 0.3) is 37.8 Å². The van der Waals surface area contributed by atoms with Crippen LogP contribution in [0.4, 0.5) is 33.6 Å². The van der Waals surface area contributed by atoms with Crippen molar-refractivity contribution in [2.45, 2.75) is 79.5 Å². The molecule has 23 nitrogen and oxygen atoms in total. The summed E-state index contributed by atoms with van der Waals surface area (Å²) in [6.07, 6.45) is 1.36. The van der Waals surface area contributed by atoms with Crippen molar-refractivity contribution in [1.82, 2.24) is 29.5 Å². The van der Waals surface area contributed by atoms with Gasteiger partial charge in [-0.1, -0.05) is 182 Å². The number of halogens is 4. The number of rotatable bonds is 17. The van der Waals surface area contributed by atoms with Gasteiger partial charge < -0.3 is 42.6 Å². The standard InChI is InChI=1S/C21H15ClN6O.C21H23ClN2O4.C16H13ClN2O.C14H12ClNO.C5H11NO2.C3H6O2/c1-24-17-12-26-21(23)27-19(17)25-11-15-10-13-6-5-9-16(22)18(13)20(29)28(15)14-7-3-2-4-8-14;1-21(2,3)28-20(27)23-13-16(25)12-14-8-7-11-17(22)18(14)19(26)24-15-9-5-4-6-10-15;17-14-8-4-5-11-9-13(10-18)19(16(20)15(11)14)12-6-2-1-3-7-12;1-10-6-5-9-12(15)13(10)14(17)16-11-7-3-2-4-8-11;1-4-5(7)6(2)8-3;1-2-3(4)5/h2-10,12H,11H2,(H3,23,25,26,27);4-11H,12-13H2,1-3H3,(H,23,27)(H,24,26);1-9H,10,18H2;2-9H,1H3,(H,16,17);4H2,1-3H3;2H2,1H3,(H,4,5). The molecule has 0 unspecified atom stereocenters. The lowest BCUT2D eigenvalue weighted by atomic mass is 10.0. The molecule has 0 atom stereocenters. The first-order valence-corrected chi connectivity index (χ1v) is 34.6. The van der Waals surface area contributed by atoms with Crippen molar-refractivity contribution in [3.63, 3.8) is 0 Å². The van der Waals surface area contributed by atoms with Crippen LogP contribution in [0.15, 0.2) is 222 Å². The van der Waals surface area contributed by atoms with Crippen LogP contribution in [0.2, 0.25) is 20.1 Å². The Morgan fingerprint density at radius 1 is 0.626 bits per heavy atom. The number of para-hydroxylation sites is 4. The molecule has 11 aromatic rings. The number of carbonyl (C=O) groups excluding carboxylic acids is 5. The van der Waals surface area contributed by atoms with E-state index in [0.717, 1.165) is 33.4 Å². The van der Waals surface area contributed by atoms with Crippen LogP contribution < -0.4 is 43.9 Å². The number of alkyl carbamates (subject to hydrolysis) is 1. The van der Waals surface area contributed by atoms with Crippen LogP contribution in [0.1, 0.15) is 90.7 Å². The molecule has 0 spiro atoms. The molecule has 0 aliphatic rings. The molecule has 3 heterocycles. The molecule has 0 fully saturated rings. The van der Waals surface area contributed by atoms with Gasteiger partial charge in [-0.15, -0.1) is 0 Å². The van der Waals surface area contributed by atoms with Gasteiger partial charge in [-0.3, -0.25) is 47.5 Å². The number of aryl methyl sites for hydroxylation is 1. The van der Waals surface area contributed by atoms with E-state index < -0.39 is 23.6 Å². The highest BCUT2D eigenvalue weighted by molar-refractivity contribution is 6.36. The predicted molar refractivity (Wildman–Crippen MR) is 424 cm³/mol. The van der Waals surface area contributed by atoms with E-state index in [-0.39, 0.29) is 83.4 Å². The van der Waals surface area contributed by atoms with E-state index in [2.05, 4.69) is 40.9 Å². The number of aliphatic carboxylic acids is 1. The van der Waals surface area contributed by atoms with Gasteiger partial charge in [-0.25, -0.2) is 24.7 Å². The van der Waals surface area contributed by atoms with Gasteiger partial charge in [0, 0.05) is 73.2 Å². The number of hydrogen-bond acceptors (Lipinski definition) is 15. The summed E-state index contributed by atoms with van der Waals surface area (Å²) in [6.45, 7) is 18.1. The maximum Gasteiger partial charge on any atom is 0.408 e. The third-order valence-electron chi connectivity index (χ3n) is 15.0. The number of carboxylic acid groups (broad SMARTS) is 1. The number of ketones is 1. The molecule has 0 bridgehead atoms. The van der Waals surface area contributed by atoms with Crippen LogP contribution in [0.3, 0.4) is 0 Å². The van der Waals surface area contributed by atoms with Gasteiger partial charge in [0.15, 0.2) is 5.78 Å². The Labute approximate surface area is 638 Å². The summed E-state index contributed by atoms with van der Waals surface area (Å²) in [5, 5.41) is 24.1. The van der Waals surface area contributed by atoms with E-state index in [4.69, 9.17) is 74.3 Å². The van der Waals surface area contributed by atoms with Crippen LogP contribution in [-0.2, 0) is 43.5 Å². The highest BCUT2D eigenvalue weighted by Crippen LogP contribution is 2.28. The largest absolute Gasteiger partial charge is 0.481 e. The van der Waals surface area contributed by atoms with Crippen LogP contribution >= 0.6 is 46.4 Å². The molecule has 8 aromatic carbocycles. The fraction of sp³-hybridized carbons (Fsp3) is 0.188. The molecule has 107 heavy (non-hydrogen) atoms. The second-order valence-electron chi connectivity index (χ2n) is 23.9. The average Bonchev–Trinajstić information content (AvgIpc) is 0.772. The number of carbonyl (C=O) groups is 6. The second-order valence-corrected chi connectivity index (χ2v) is 25.5. The number of nitrogens with two attached hydrogens (primary N) is 2. The lowest BCUT2D eigenvalue weighted by molar-refractivity contribution is -0.168. The lowest BCUT2D eigenvalue weighted by Gasteiger charge is -2.19. The number of nitrogens with zero attached hydrogens (tertiary/aromatic N) is 6. The molecular weight excluding hydrogens is 1450 g/mol. The molecule has 0 aliphatic heterocycles. The number of Topliss-reactive ketones (excluding diaryl/α,β-unsaturated/α-hetero) is 1. The minimum atomic E-state index is -0.745. The van der Waals surface area contributed by atoms with Crippen LogP contribution in [0, 0.1) is 13.5 Å². The third kappa shape index (κ3) is 25.2. The van der Waals surface area contributed by atoms with Crippen molar-refractivity contribution in [3.8, 4) is 11.4 Å². The topological polar surface area (TPSA) is 319 Å². The molecule has 0 radical (unpaired) electrons. The van der Waals surface area contributed by atoms with Crippen molar-refractivity contribution in [1.29, 1.82) is 0 Å². The maximum atomic E-state index is 13.3. The summed E-state index contributed by atoms with van der Waals surface area (Å²) in [7, 11) is 3.05. The highest BCUT2D eigenvalue weighted by Gasteiger charge is 2.22. The van der Waals surface area contributed by atoms with Crippen molar-refractivity contribution in [2.24, 2.45) is 5.73 Å². The van der Waals surface area contributed by atoms with Crippen molar-refractivity contribution >= 4 is 132 Å². The Bertz CT molecular complexity index is 5040. The first-order chi connectivity index (χ1) is 51.1. The number of ether oxygens (including phenoxy) is 1. The lowest BCUT2D eigenvalue weighted by Crippen LogP contribution is -2.36. The molecule has 0 aliphatic carbocycles. The fourth-order valence-electron chi connectivity index (χ4n) is 9.93. The third-order valence-corrected chi connectivity index (χ3v) is 16.3. The van der Waals surface area contributed by atoms with E-state index in [1.54, 1.807) is 118 Å². The molecule has 0 saturated heterocycles. The van der Waals surface area contributed by atoms with Crippen molar-refractivity contribution in [2.75, 3.05) is 42.4 Å². The Morgan fingerprint density at radius 3 is 1.52 bits per heavy atom. The van der Waals surface area contributed by atoms with Gasteiger partial charge in [0.05, 0.1) is 68.8 Å².